The maximum atomic E-state index is 8.58. The van der Waals surface area contributed by atoms with Gasteiger partial charge in [0.15, 0.2) is 5.84 Å². The number of hydrogen-bond acceptors (Lipinski definition) is 5. The highest BCUT2D eigenvalue weighted by Gasteiger charge is 2.02. The molecule has 0 aliphatic rings. The number of nitrogens with one attached hydrogen (secondary N) is 1. The second kappa shape index (κ2) is 9.20. The Morgan fingerprint density at radius 1 is 1.38 bits per heavy atom. The first kappa shape index (κ1) is 17.3. The molecule has 1 aromatic carbocycles. The maximum Gasteiger partial charge on any atom is 0.170 e. The minimum atomic E-state index is 0.0953. The van der Waals surface area contributed by atoms with Crippen molar-refractivity contribution in [1.29, 1.82) is 0 Å². The van der Waals surface area contributed by atoms with Gasteiger partial charge >= 0.3 is 0 Å². The van der Waals surface area contributed by atoms with Gasteiger partial charge in [-0.05, 0) is 58.3 Å². The van der Waals surface area contributed by atoms with E-state index >= 15 is 0 Å². The number of ether oxygens (including phenoxy) is 1. The molecule has 1 unspecified atom stereocenters. The molecule has 4 N–H and O–H groups in total. The van der Waals surface area contributed by atoms with E-state index in [2.05, 4.69) is 36.4 Å². The molecule has 1 rings (SSSR count). The third kappa shape index (κ3) is 6.97. The van der Waals surface area contributed by atoms with Crippen LogP contribution >= 0.6 is 0 Å². The Labute approximate surface area is 126 Å². The van der Waals surface area contributed by atoms with Crippen molar-refractivity contribution in [3.63, 3.8) is 0 Å². The van der Waals surface area contributed by atoms with Crippen molar-refractivity contribution in [2.75, 3.05) is 33.8 Å². The summed E-state index contributed by atoms with van der Waals surface area (Å²) < 4.78 is 5.63. The van der Waals surface area contributed by atoms with Gasteiger partial charge in [-0.25, -0.2) is 0 Å². The summed E-state index contributed by atoms with van der Waals surface area (Å²) in [7, 11) is 4.15. The second-order valence-corrected chi connectivity index (χ2v) is 5.31. The molecule has 1 aromatic rings. The number of hydrogen-bond donors (Lipinski definition) is 3. The Balaban J connectivity index is 2.24. The zero-order valence-electron chi connectivity index (χ0n) is 13.0. The molecule has 0 bridgehead atoms. The summed E-state index contributed by atoms with van der Waals surface area (Å²) >= 11 is 0. The average Bonchev–Trinajstić information content (AvgIpc) is 2.49. The molecular formula is C15H26N4O2. The van der Waals surface area contributed by atoms with Crippen LogP contribution in [0.2, 0.25) is 0 Å². The fraction of sp³-hybridized carbons (Fsp3) is 0.533. The van der Waals surface area contributed by atoms with Crippen molar-refractivity contribution >= 4 is 5.84 Å². The van der Waals surface area contributed by atoms with Crippen LogP contribution in [0.1, 0.15) is 18.9 Å². The molecule has 0 heterocycles. The maximum absolute atomic E-state index is 8.58. The average molecular weight is 294 g/mol. The van der Waals surface area contributed by atoms with E-state index in [0.717, 1.165) is 25.3 Å². The fourth-order valence-electron chi connectivity index (χ4n) is 1.81. The van der Waals surface area contributed by atoms with Gasteiger partial charge < -0.3 is 25.9 Å². The van der Waals surface area contributed by atoms with Gasteiger partial charge in [0.05, 0.1) is 0 Å². The standard InChI is InChI=1S/C15H26N4O2/c1-12(8-10-19(2)3)17-9-11-21-14-6-4-13(5-7-14)15(16)18-20/h4-7,12,17,20H,8-11H2,1-3H3,(H2,16,18). The second-order valence-electron chi connectivity index (χ2n) is 5.31. The normalized spacial score (nSPS) is 13.4. The van der Waals surface area contributed by atoms with E-state index in [1.807, 2.05) is 12.1 Å². The van der Waals surface area contributed by atoms with Crippen molar-refractivity contribution in [3.05, 3.63) is 29.8 Å². The first-order chi connectivity index (χ1) is 10.0. The Morgan fingerprint density at radius 3 is 2.62 bits per heavy atom. The first-order valence-corrected chi connectivity index (χ1v) is 7.11. The number of oxime groups is 1. The van der Waals surface area contributed by atoms with Gasteiger partial charge in [0.25, 0.3) is 0 Å². The quantitative estimate of drug-likeness (QED) is 0.209. The van der Waals surface area contributed by atoms with E-state index in [9.17, 15) is 0 Å². The molecular weight excluding hydrogens is 268 g/mol. The predicted octanol–water partition coefficient (Wildman–Crippen LogP) is 1.09. The number of nitrogens with two attached hydrogens (primary N) is 1. The Bertz CT molecular complexity index is 432. The van der Waals surface area contributed by atoms with Crippen LogP contribution in [0.25, 0.3) is 0 Å². The van der Waals surface area contributed by atoms with Crippen molar-refractivity contribution in [3.8, 4) is 5.75 Å². The molecule has 0 aliphatic carbocycles. The molecule has 0 aliphatic heterocycles. The van der Waals surface area contributed by atoms with Gasteiger partial charge in [-0.3, -0.25) is 0 Å². The molecule has 0 saturated heterocycles. The molecule has 0 radical (unpaired) electrons. The van der Waals surface area contributed by atoms with Crippen molar-refractivity contribution < 1.29 is 9.94 Å². The lowest BCUT2D eigenvalue weighted by atomic mass is 10.2. The van der Waals surface area contributed by atoms with Crippen LogP contribution < -0.4 is 15.8 Å². The molecule has 1 atom stereocenters. The van der Waals surface area contributed by atoms with Gasteiger partial charge in [0.1, 0.15) is 12.4 Å². The lowest BCUT2D eigenvalue weighted by Crippen LogP contribution is -2.32. The molecule has 6 nitrogen and oxygen atoms in total. The summed E-state index contributed by atoms with van der Waals surface area (Å²) in [6.45, 7) is 4.66. The molecule has 0 spiro atoms. The predicted molar refractivity (Wildman–Crippen MR) is 85.1 cm³/mol. The van der Waals surface area contributed by atoms with Crippen LogP contribution in [0, 0.1) is 0 Å². The molecule has 21 heavy (non-hydrogen) atoms. The van der Waals surface area contributed by atoms with E-state index in [4.69, 9.17) is 15.7 Å². The summed E-state index contributed by atoms with van der Waals surface area (Å²) in [5.41, 5.74) is 6.16. The molecule has 6 heteroatoms. The zero-order chi connectivity index (χ0) is 15.7. The van der Waals surface area contributed by atoms with Crippen molar-refractivity contribution in [1.82, 2.24) is 10.2 Å². The Kier molecular flexibility index (Phi) is 7.56. The lowest BCUT2D eigenvalue weighted by molar-refractivity contribution is 0.298. The summed E-state index contributed by atoms with van der Waals surface area (Å²) in [6.07, 6.45) is 1.11. The molecule has 0 amide bonds. The third-order valence-corrected chi connectivity index (χ3v) is 3.13. The van der Waals surface area contributed by atoms with Gasteiger partial charge in [0.2, 0.25) is 0 Å². The van der Waals surface area contributed by atoms with E-state index in [-0.39, 0.29) is 5.84 Å². The Hall–Kier alpha value is -1.79. The van der Waals surface area contributed by atoms with E-state index < -0.39 is 0 Å². The van der Waals surface area contributed by atoms with Gasteiger partial charge in [0, 0.05) is 18.2 Å². The number of benzene rings is 1. The molecule has 0 saturated carbocycles. The largest absolute Gasteiger partial charge is 0.492 e. The highest BCUT2D eigenvalue weighted by atomic mass is 16.5. The highest BCUT2D eigenvalue weighted by Crippen LogP contribution is 2.11. The third-order valence-electron chi connectivity index (χ3n) is 3.13. The van der Waals surface area contributed by atoms with Crippen LogP contribution in [0.15, 0.2) is 29.4 Å². The summed E-state index contributed by atoms with van der Waals surface area (Å²) in [5.74, 6) is 0.866. The lowest BCUT2D eigenvalue weighted by Gasteiger charge is -2.16. The van der Waals surface area contributed by atoms with E-state index in [1.54, 1.807) is 12.1 Å². The minimum absolute atomic E-state index is 0.0953. The van der Waals surface area contributed by atoms with Crippen molar-refractivity contribution in [2.24, 2.45) is 10.9 Å². The SMILES string of the molecule is CC(CCN(C)C)NCCOc1ccc(C(N)=NO)cc1. The van der Waals surface area contributed by atoms with Gasteiger partial charge in [-0.1, -0.05) is 5.16 Å². The fourth-order valence-corrected chi connectivity index (χ4v) is 1.81. The zero-order valence-corrected chi connectivity index (χ0v) is 13.0. The molecule has 0 aromatic heterocycles. The summed E-state index contributed by atoms with van der Waals surface area (Å²) in [4.78, 5) is 2.18. The Morgan fingerprint density at radius 2 is 2.05 bits per heavy atom. The number of rotatable bonds is 9. The number of amidine groups is 1. The number of nitrogens with zero attached hydrogens (tertiary/aromatic N) is 2. The smallest absolute Gasteiger partial charge is 0.170 e. The molecule has 0 fully saturated rings. The van der Waals surface area contributed by atoms with Gasteiger partial charge in [-0.15, -0.1) is 0 Å². The minimum Gasteiger partial charge on any atom is -0.492 e. The van der Waals surface area contributed by atoms with Crippen molar-refractivity contribution in [2.45, 2.75) is 19.4 Å². The highest BCUT2D eigenvalue weighted by molar-refractivity contribution is 5.97. The van der Waals surface area contributed by atoms with Crippen LogP contribution in [-0.4, -0.2) is 55.8 Å². The van der Waals surface area contributed by atoms with Crippen LogP contribution in [0.4, 0.5) is 0 Å². The van der Waals surface area contributed by atoms with Crippen LogP contribution in [0.3, 0.4) is 0 Å². The monoisotopic (exact) mass is 294 g/mol. The van der Waals surface area contributed by atoms with E-state index in [0.29, 0.717) is 18.2 Å². The molecule has 118 valence electrons. The van der Waals surface area contributed by atoms with Crippen LogP contribution in [0.5, 0.6) is 5.75 Å². The van der Waals surface area contributed by atoms with Gasteiger partial charge in [-0.2, -0.15) is 0 Å². The summed E-state index contributed by atoms with van der Waals surface area (Å²) in [6, 6.07) is 7.61. The first-order valence-electron chi connectivity index (χ1n) is 7.11. The topological polar surface area (TPSA) is 83.1 Å². The van der Waals surface area contributed by atoms with E-state index in [1.165, 1.54) is 0 Å². The summed E-state index contributed by atoms with van der Waals surface area (Å²) in [5, 5.41) is 15.0. The van der Waals surface area contributed by atoms with Crippen LogP contribution in [-0.2, 0) is 0 Å².